The van der Waals surface area contributed by atoms with Gasteiger partial charge in [0.15, 0.2) is 0 Å². The van der Waals surface area contributed by atoms with E-state index in [1.807, 2.05) is 36.4 Å². The molecule has 2 rings (SSSR count). The molecule has 19 heavy (non-hydrogen) atoms. The largest absolute Gasteiger partial charge is 1.00 e. The maximum Gasteiger partial charge on any atom is -1.00 e. The molecule has 0 aliphatic rings. The van der Waals surface area contributed by atoms with E-state index in [4.69, 9.17) is 28.8 Å². The number of benzene rings is 2. The first kappa shape index (κ1) is 19.1. The van der Waals surface area contributed by atoms with Gasteiger partial charge >= 0.3 is 123 Å². The number of hydrogen-bond donors (Lipinski definition) is 0. The van der Waals surface area contributed by atoms with E-state index in [1.54, 1.807) is 12.1 Å². The minimum absolute atomic E-state index is 0. The third kappa shape index (κ3) is 5.93. The van der Waals surface area contributed by atoms with Crippen LogP contribution in [-0.2, 0) is 24.1 Å². The summed E-state index contributed by atoms with van der Waals surface area (Å²) in [5, 5.41) is 1.19. The van der Waals surface area contributed by atoms with Crippen molar-refractivity contribution >= 4 is 23.2 Å². The molecule has 0 aliphatic carbocycles. The van der Waals surface area contributed by atoms with Gasteiger partial charge in [0.2, 0.25) is 0 Å². The summed E-state index contributed by atoms with van der Waals surface area (Å²) < 4.78 is 11.1. The summed E-state index contributed by atoms with van der Waals surface area (Å²) in [5.74, 6) is 1.32. The molecule has 0 N–H and O–H groups in total. The zero-order valence-corrected chi connectivity index (χ0v) is 14.9. The predicted molar refractivity (Wildman–Crippen MR) is 64.2 cm³/mol. The Kier molecular flexibility index (Phi) is 9.95. The van der Waals surface area contributed by atoms with Crippen LogP contribution in [0.5, 0.6) is 11.5 Å². The van der Waals surface area contributed by atoms with E-state index >= 15 is 0 Å². The van der Waals surface area contributed by atoms with Crippen LogP contribution in [0, 0.1) is 0 Å². The summed E-state index contributed by atoms with van der Waals surface area (Å²) in [6, 6.07) is 14.7. The zero-order chi connectivity index (χ0) is 12.1. The van der Waals surface area contributed by atoms with Crippen LogP contribution in [0.2, 0.25) is 10.0 Å². The molecule has 0 saturated heterocycles. The predicted octanol–water partition coefficient (Wildman–Crippen LogP) is -1.63. The molecule has 2 aromatic rings. The topological polar surface area (TPSA) is 18.5 Å². The van der Waals surface area contributed by atoms with Crippen molar-refractivity contribution in [1.82, 2.24) is 0 Å². The third-order valence-electron chi connectivity index (χ3n) is 1.98. The molecule has 0 aliphatic heterocycles. The van der Waals surface area contributed by atoms with Crippen molar-refractivity contribution in [2.24, 2.45) is 0 Å². The van der Waals surface area contributed by atoms with E-state index in [1.165, 1.54) is 0 Å². The van der Waals surface area contributed by atoms with Gasteiger partial charge in [-0.15, -0.1) is 0 Å². The van der Waals surface area contributed by atoms with Crippen LogP contribution in [0.3, 0.4) is 0 Å². The summed E-state index contributed by atoms with van der Waals surface area (Å²) in [6.45, 7) is 0. The van der Waals surface area contributed by atoms with E-state index in [0.29, 0.717) is 21.5 Å². The fourth-order valence-electron chi connectivity index (χ4n) is 1.17. The molecule has 2 aromatic carbocycles. The summed E-state index contributed by atoms with van der Waals surface area (Å²) >= 11 is 10.4. The summed E-state index contributed by atoms with van der Waals surface area (Å²) in [7, 11) is 0. The second-order valence-electron chi connectivity index (χ2n) is 3.15. The quantitative estimate of drug-likeness (QED) is 0.595. The molecule has 0 bridgehead atoms. The van der Waals surface area contributed by atoms with E-state index in [-0.39, 0.29) is 24.8 Å². The van der Waals surface area contributed by atoms with Crippen LogP contribution in [-0.4, -0.2) is 0 Å². The molecule has 0 fully saturated rings. The smallest absolute Gasteiger partial charge is 1.00 e. The van der Waals surface area contributed by atoms with Crippen molar-refractivity contribution in [2.75, 3.05) is 0 Å². The van der Waals surface area contributed by atoms with Gasteiger partial charge < -0.3 is 24.8 Å². The fraction of sp³-hybridized carbons (Fsp3) is 0. The Bertz CT molecular complexity index is 465. The van der Waals surface area contributed by atoms with Gasteiger partial charge in [0.1, 0.15) is 0 Å². The minimum atomic E-state index is -1.48. The monoisotopic (exact) mass is 414 g/mol. The fourth-order valence-corrected chi connectivity index (χ4v) is 3.25. The summed E-state index contributed by atoms with van der Waals surface area (Å²) in [5.41, 5.74) is 0. The second-order valence-corrected chi connectivity index (χ2v) is 5.38. The van der Waals surface area contributed by atoms with Gasteiger partial charge in [0.05, 0.1) is 0 Å². The van der Waals surface area contributed by atoms with Crippen molar-refractivity contribution in [3.05, 3.63) is 58.6 Å². The molecular formula is C12H8Cl4O2Zr. The number of rotatable bonds is 4. The first-order valence-corrected chi connectivity index (χ1v) is 7.61. The molecule has 0 aromatic heterocycles. The molecule has 100 valence electrons. The zero-order valence-electron chi connectivity index (χ0n) is 9.45. The van der Waals surface area contributed by atoms with Gasteiger partial charge in [-0.1, -0.05) is 0 Å². The Morgan fingerprint density at radius 1 is 0.684 bits per heavy atom. The maximum atomic E-state index is 5.96. The molecule has 0 saturated carbocycles. The standard InChI is InChI=1S/2C6H5ClO.2ClH.Zr/c2*7-5-3-1-2-4-6(5)8;;;/h2*1-4,8H;2*1H;/q;;;;+4/p-4. The van der Waals surface area contributed by atoms with Gasteiger partial charge in [0, 0.05) is 0 Å². The third-order valence-corrected chi connectivity index (χ3v) is 4.09. The van der Waals surface area contributed by atoms with E-state index in [0.717, 1.165) is 0 Å². The van der Waals surface area contributed by atoms with Gasteiger partial charge in [-0.3, -0.25) is 0 Å². The van der Waals surface area contributed by atoms with Crippen LogP contribution in [0.25, 0.3) is 0 Å². The molecule has 0 atom stereocenters. The first-order valence-electron chi connectivity index (χ1n) is 4.85. The van der Waals surface area contributed by atoms with E-state index < -0.39 is 24.1 Å². The average Bonchev–Trinajstić information content (AvgIpc) is 2.34. The van der Waals surface area contributed by atoms with Gasteiger partial charge in [0.25, 0.3) is 0 Å². The Morgan fingerprint density at radius 2 is 1.05 bits per heavy atom. The van der Waals surface area contributed by atoms with Crippen molar-refractivity contribution in [1.29, 1.82) is 0 Å². The molecule has 7 heteroatoms. The van der Waals surface area contributed by atoms with Crippen LogP contribution >= 0.6 is 23.2 Å². The molecule has 0 amide bonds. The normalized spacial score (nSPS) is 8.53. The number of hydrogen-bond acceptors (Lipinski definition) is 2. The first-order chi connectivity index (χ1) is 8.27. The van der Waals surface area contributed by atoms with Gasteiger partial charge in [-0.05, 0) is 0 Å². The molecule has 0 heterocycles. The van der Waals surface area contributed by atoms with Crippen molar-refractivity contribution in [2.45, 2.75) is 0 Å². The van der Waals surface area contributed by atoms with E-state index in [2.05, 4.69) is 0 Å². The summed E-state index contributed by atoms with van der Waals surface area (Å²) in [6.07, 6.45) is 0. The van der Waals surface area contributed by atoms with Gasteiger partial charge in [-0.2, -0.15) is 0 Å². The molecule has 2 nitrogen and oxygen atoms in total. The SMILES string of the molecule is Clc1ccccc1[O][Zr+2][O]c1ccccc1Cl.[Cl-].[Cl-]. The van der Waals surface area contributed by atoms with Crippen LogP contribution in [0.15, 0.2) is 48.5 Å². The van der Waals surface area contributed by atoms with E-state index in [9.17, 15) is 0 Å². The molecule has 0 unspecified atom stereocenters. The Hall–Kier alpha value is 0.0831. The van der Waals surface area contributed by atoms with Crippen molar-refractivity contribution in [3.63, 3.8) is 0 Å². The average molecular weight is 417 g/mol. The van der Waals surface area contributed by atoms with Crippen LogP contribution < -0.4 is 30.4 Å². The second kappa shape index (κ2) is 9.90. The Balaban J connectivity index is 0.00000162. The van der Waals surface area contributed by atoms with Gasteiger partial charge in [-0.25, -0.2) is 0 Å². The number of para-hydroxylation sites is 2. The number of halogens is 4. The molecule has 0 spiro atoms. The van der Waals surface area contributed by atoms with Crippen LogP contribution in [0.1, 0.15) is 0 Å². The molecular weight excluding hydrogens is 409 g/mol. The minimum Gasteiger partial charge on any atom is -1.00 e. The molecule has 0 radical (unpaired) electrons. The Morgan fingerprint density at radius 3 is 1.42 bits per heavy atom. The Labute approximate surface area is 147 Å². The van der Waals surface area contributed by atoms with Crippen molar-refractivity contribution < 1.29 is 54.6 Å². The van der Waals surface area contributed by atoms with Crippen molar-refractivity contribution in [3.8, 4) is 11.5 Å². The summed E-state index contributed by atoms with van der Waals surface area (Å²) in [4.78, 5) is 0. The maximum absolute atomic E-state index is 5.96. The van der Waals surface area contributed by atoms with Crippen LogP contribution in [0.4, 0.5) is 0 Å².